The van der Waals surface area contributed by atoms with Crippen LogP contribution in [0.1, 0.15) is 12.8 Å². The normalized spacial score (nSPS) is 19.3. The number of amides is 2. The molecule has 2 saturated heterocycles. The quantitative estimate of drug-likeness (QED) is 0.715. The van der Waals surface area contributed by atoms with Gasteiger partial charge < -0.3 is 19.3 Å². The van der Waals surface area contributed by atoms with Gasteiger partial charge in [-0.05, 0) is 24.3 Å². The number of rotatable bonds is 5. The minimum atomic E-state index is -0.226. The van der Waals surface area contributed by atoms with Crippen molar-refractivity contribution in [3.05, 3.63) is 48.5 Å². The molecule has 2 aromatic carbocycles. The first-order valence-corrected chi connectivity index (χ1v) is 9.67. The Labute approximate surface area is 174 Å². The Morgan fingerprint density at radius 1 is 0.700 bits per heavy atom. The maximum absolute atomic E-state index is 12.8. The van der Waals surface area contributed by atoms with Gasteiger partial charge in [0.2, 0.25) is 0 Å². The molecule has 4 rings (SSSR count). The fourth-order valence-corrected chi connectivity index (χ4v) is 3.64. The molecular weight excluding hydrogens is 384 g/mol. The molecule has 2 amide bonds. The molecule has 0 aromatic heterocycles. The van der Waals surface area contributed by atoms with E-state index in [1.54, 1.807) is 24.0 Å². The third-order valence-corrected chi connectivity index (χ3v) is 5.17. The van der Waals surface area contributed by atoms with Crippen LogP contribution in [0.5, 0.6) is 11.5 Å². The second kappa shape index (κ2) is 8.36. The fraction of sp³-hybridized carbons (Fsp3) is 0.273. The van der Waals surface area contributed by atoms with Crippen LogP contribution in [0.2, 0.25) is 0 Å². The van der Waals surface area contributed by atoms with Gasteiger partial charge in [-0.25, -0.2) is 0 Å². The number of hydrogen-bond acceptors (Lipinski definition) is 6. The zero-order valence-corrected chi connectivity index (χ0v) is 16.9. The van der Waals surface area contributed by atoms with Gasteiger partial charge in [-0.3, -0.25) is 9.59 Å². The van der Waals surface area contributed by atoms with Gasteiger partial charge in [0.1, 0.15) is 22.9 Å². The highest BCUT2D eigenvalue weighted by molar-refractivity contribution is 6.48. The molecular formula is C22H22N4O4. The van der Waals surface area contributed by atoms with Crippen LogP contribution in [0, 0.1) is 0 Å². The summed E-state index contributed by atoms with van der Waals surface area (Å²) in [4.78, 5) is 28.8. The maximum Gasteiger partial charge on any atom is 0.274 e. The van der Waals surface area contributed by atoms with Gasteiger partial charge in [0.15, 0.2) is 0 Å². The molecule has 0 aliphatic carbocycles. The lowest BCUT2D eigenvalue weighted by atomic mass is 10.2. The van der Waals surface area contributed by atoms with Crippen molar-refractivity contribution in [3.63, 3.8) is 0 Å². The van der Waals surface area contributed by atoms with Crippen molar-refractivity contribution in [1.82, 2.24) is 0 Å². The number of carbonyl (C=O) groups excluding carboxylic acids is 2. The molecule has 0 radical (unpaired) electrons. The van der Waals surface area contributed by atoms with Crippen molar-refractivity contribution in [2.45, 2.75) is 12.8 Å². The molecule has 2 aliphatic rings. The van der Waals surface area contributed by atoms with Crippen molar-refractivity contribution in [1.29, 1.82) is 0 Å². The summed E-state index contributed by atoms with van der Waals surface area (Å²) in [7, 11) is 3.14. The molecule has 0 unspecified atom stereocenters. The molecule has 0 bridgehead atoms. The molecule has 0 saturated carbocycles. The predicted octanol–water partition coefficient (Wildman–Crippen LogP) is 2.67. The van der Waals surface area contributed by atoms with Crippen LogP contribution in [-0.2, 0) is 9.59 Å². The molecule has 2 aromatic rings. The molecule has 30 heavy (non-hydrogen) atoms. The van der Waals surface area contributed by atoms with Gasteiger partial charge in [-0.2, -0.15) is 0 Å². The summed E-state index contributed by atoms with van der Waals surface area (Å²) in [6.07, 6.45) is 0.913. The van der Waals surface area contributed by atoms with Crippen LogP contribution >= 0.6 is 0 Å². The molecule has 8 nitrogen and oxygen atoms in total. The van der Waals surface area contributed by atoms with Gasteiger partial charge in [0, 0.05) is 25.9 Å². The largest absolute Gasteiger partial charge is 0.495 e. The topological polar surface area (TPSA) is 83.8 Å². The lowest BCUT2D eigenvalue weighted by Gasteiger charge is -2.18. The Morgan fingerprint density at radius 2 is 1.10 bits per heavy atom. The van der Waals surface area contributed by atoms with E-state index in [0.29, 0.717) is 60.2 Å². The van der Waals surface area contributed by atoms with Crippen LogP contribution in [0.25, 0.3) is 0 Å². The number of nitrogens with zero attached hydrogens (tertiary/aromatic N) is 4. The van der Waals surface area contributed by atoms with Crippen molar-refractivity contribution in [2.75, 3.05) is 37.1 Å². The van der Waals surface area contributed by atoms with E-state index < -0.39 is 0 Å². The Kier molecular flexibility index (Phi) is 5.47. The lowest BCUT2D eigenvalue weighted by molar-refractivity contribution is -0.112. The highest BCUT2D eigenvalue weighted by atomic mass is 16.5. The Balaban J connectivity index is 1.52. The standard InChI is InChI=1S/C22H22N4O4/c1-29-19-9-5-3-7-17(19)25-13-11-15(21(25)27)23-24-16-12-14-26(22(16)28)18-8-4-6-10-20(18)30-2/h3-10H,11-14H2,1-2H3. The van der Waals surface area contributed by atoms with Crippen LogP contribution in [-0.4, -0.2) is 50.5 Å². The number of methoxy groups -OCH3 is 2. The van der Waals surface area contributed by atoms with E-state index in [4.69, 9.17) is 9.47 Å². The van der Waals surface area contributed by atoms with Gasteiger partial charge in [-0.1, -0.05) is 24.3 Å². The van der Waals surface area contributed by atoms with Crippen molar-refractivity contribution in [2.24, 2.45) is 10.2 Å². The molecule has 0 N–H and O–H groups in total. The Morgan fingerprint density at radius 3 is 1.50 bits per heavy atom. The number of carbonyl (C=O) groups is 2. The molecule has 154 valence electrons. The van der Waals surface area contributed by atoms with Crippen LogP contribution in [0.3, 0.4) is 0 Å². The second-order valence-corrected chi connectivity index (χ2v) is 6.85. The molecule has 2 aliphatic heterocycles. The zero-order valence-electron chi connectivity index (χ0n) is 16.9. The first-order valence-electron chi connectivity index (χ1n) is 9.67. The number of hydrogen-bond donors (Lipinski definition) is 0. The SMILES string of the molecule is COc1ccccc1N1CCC(=NN=C2CCN(c3ccccc3OC)C2=O)C1=O. The summed E-state index contributed by atoms with van der Waals surface area (Å²) in [6, 6.07) is 14.7. The molecule has 0 atom stereocenters. The van der Waals surface area contributed by atoms with E-state index in [-0.39, 0.29) is 11.8 Å². The Bertz CT molecular complexity index is 963. The number of para-hydroxylation sites is 4. The van der Waals surface area contributed by atoms with Gasteiger partial charge in [-0.15, -0.1) is 10.2 Å². The smallest absolute Gasteiger partial charge is 0.274 e. The van der Waals surface area contributed by atoms with E-state index in [1.165, 1.54) is 0 Å². The number of anilines is 2. The van der Waals surface area contributed by atoms with Crippen LogP contribution < -0.4 is 19.3 Å². The second-order valence-electron chi connectivity index (χ2n) is 6.85. The number of ether oxygens (including phenoxy) is 2. The average Bonchev–Trinajstić information content (AvgIpc) is 3.34. The van der Waals surface area contributed by atoms with Crippen LogP contribution in [0.15, 0.2) is 58.7 Å². The average molecular weight is 406 g/mol. The summed E-state index contributed by atoms with van der Waals surface area (Å²) >= 11 is 0. The summed E-state index contributed by atoms with van der Waals surface area (Å²) in [5.41, 5.74) is 2.05. The van der Waals surface area contributed by atoms with E-state index in [9.17, 15) is 9.59 Å². The van der Waals surface area contributed by atoms with Crippen molar-refractivity contribution in [3.8, 4) is 11.5 Å². The van der Waals surface area contributed by atoms with Gasteiger partial charge in [0.25, 0.3) is 11.8 Å². The molecule has 2 fully saturated rings. The first kappa shape index (κ1) is 19.6. The Hall–Kier alpha value is -3.68. The third-order valence-electron chi connectivity index (χ3n) is 5.17. The predicted molar refractivity (Wildman–Crippen MR) is 115 cm³/mol. The third kappa shape index (κ3) is 3.52. The molecule has 0 spiro atoms. The lowest BCUT2D eigenvalue weighted by Crippen LogP contribution is -2.28. The van der Waals surface area contributed by atoms with E-state index >= 15 is 0 Å². The monoisotopic (exact) mass is 406 g/mol. The van der Waals surface area contributed by atoms with E-state index in [2.05, 4.69) is 10.2 Å². The summed E-state index contributed by atoms with van der Waals surface area (Å²) in [5.74, 6) is 0.792. The van der Waals surface area contributed by atoms with E-state index in [0.717, 1.165) is 0 Å². The summed E-state index contributed by atoms with van der Waals surface area (Å²) in [6.45, 7) is 0.981. The van der Waals surface area contributed by atoms with Crippen LogP contribution in [0.4, 0.5) is 11.4 Å². The van der Waals surface area contributed by atoms with Crippen molar-refractivity contribution >= 4 is 34.6 Å². The minimum Gasteiger partial charge on any atom is -0.495 e. The number of benzene rings is 2. The van der Waals surface area contributed by atoms with Gasteiger partial charge >= 0.3 is 0 Å². The zero-order chi connectivity index (χ0) is 21.1. The summed E-state index contributed by atoms with van der Waals surface area (Å²) in [5, 5.41) is 8.26. The maximum atomic E-state index is 12.8. The fourth-order valence-electron chi connectivity index (χ4n) is 3.64. The highest BCUT2D eigenvalue weighted by Crippen LogP contribution is 2.31. The van der Waals surface area contributed by atoms with E-state index in [1.807, 2.05) is 48.5 Å². The van der Waals surface area contributed by atoms with Gasteiger partial charge in [0.05, 0.1) is 25.6 Å². The summed E-state index contributed by atoms with van der Waals surface area (Å²) < 4.78 is 10.7. The first-order chi connectivity index (χ1) is 14.6. The molecule has 2 heterocycles. The van der Waals surface area contributed by atoms with Crippen molar-refractivity contribution < 1.29 is 19.1 Å². The minimum absolute atomic E-state index is 0.226. The molecule has 8 heteroatoms. The highest BCUT2D eigenvalue weighted by Gasteiger charge is 2.33.